The van der Waals surface area contributed by atoms with E-state index >= 15 is 0 Å². The minimum atomic E-state index is -0.268. The highest BCUT2D eigenvalue weighted by Crippen LogP contribution is 2.01. The van der Waals surface area contributed by atoms with Crippen LogP contribution in [-0.4, -0.2) is 55.0 Å². The average Bonchev–Trinajstić information content (AvgIpc) is 2.16. The van der Waals surface area contributed by atoms with Gasteiger partial charge >= 0.3 is 0 Å². The Balaban J connectivity index is 2.18. The number of primary amides is 1. The third-order valence-electron chi connectivity index (χ3n) is 2.38. The van der Waals surface area contributed by atoms with Crippen molar-refractivity contribution in [2.75, 3.05) is 39.3 Å². The van der Waals surface area contributed by atoms with E-state index in [0.29, 0.717) is 13.0 Å². The summed E-state index contributed by atoms with van der Waals surface area (Å²) in [6.07, 6.45) is 0.579. The smallest absolute Gasteiger partial charge is 0.231 e. The first kappa shape index (κ1) is 11.0. The van der Waals surface area contributed by atoms with E-state index in [1.165, 1.54) is 0 Å². The molecule has 1 aliphatic rings. The number of nitriles is 1. The summed E-state index contributed by atoms with van der Waals surface area (Å²) < 4.78 is 0. The third-order valence-corrected chi connectivity index (χ3v) is 2.38. The van der Waals surface area contributed by atoms with E-state index in [4.69, 9.17) is 11.0 Å². The predicted octanol–water partition coefficient (Wildman–Crippen LogP) is -0.997. The Morgan fingerprint density at radius 3 is 2.36 bits per heavy atom. The average molecular weight is 196 g/mol. The first-order valence-corrected chi connectivity index (χ1v) is 4.82. The molecule has 14 heavy (non-hydrogen) atoms. The van der Waals surface area contributed by atoms with Crippen LogP contribution in [0.4, 0.5) is 0 Å². The van der Waals surface area contributed by atoms with Crippen LogP contribution in [0.5, 0.6) is 0 Å². The number of hydrogen-bond acceptors (Lipinski definition) is 4. The fourth-order valence-electron chi connectivity index (χ4n) is 1.60. The molecule has 0 radical (unpaired) electrons. The van der Waals surface area contributed by atoms with Gasteiger partial charge in [-0.1, -0.05) is 0 Å². The van der Waals surface area contributed by atoms with Gasteiger partial charge in [-0.05, 0) is 0 Å². The highest BCUT2D eigenvalue weighted by atomic mass is 16.1. The summed E-state index contributed by atoms with van der Waals surface area (Å²) in [7, 11) is 0. The summed E-state index contributed by atoms with van der Waals surface area (Å²) in [5, 5.41) is 8.42. The summed E-state index contributed by atoms with van der Waals surface area (Å²) in [5.74, 6) is -0.268. The molecule has 0 unspecified atom stereocenters. The van der Waals surface area contributed by atoms with Crippen molar-refractivity contribution < 1.29 is 4.79 Å². The summed E-state index contributed by atoms with van der Waals surface area (Å²) in [6, 6.07) is 2.13. The molecular weight excluding hydrogens is 180 g/mol. The molecule has 0 atom stereocenters. The number of carbonyl (C=O) groups excluding carboxylic acids is 1. The Bertz CT molecular complexity index is 227. The van der Waals surface area contributed by atoms with E-state index in [1.807, 2.05) is 4.90 Å². The molecule has 0 aliphatic carbocycles. The van der Waals surface area contributed by atoms with Gasteiger partial charge in [0, 0.05) is 39.1 Å². The van der Waals surface area contributed by atoms with Gasteiger partial charge in [-0.15, -0.1) is 0 Å². The molecule has 1 heterocycles. The standard InChI is InChI=1S/C9H16N4O/c10-2-1-3-12-4-6-13(7-5-12)8-9(11)14/h1,3-8H2,(H2,11,14). The van der Waals surface area contributed by atoms with Crippen molar-refractivity contribution in [1.82, 2.24) is 9.80 Å². The van der Waals surface area contributed by atoms with Gasteiger partial charge in [-0.25, -0.2) is 0 Å². The van der Waals surface area contributed by atoms with Crippen LogP contribution < -0.4 is 5.73 Å². The molecule has 78 valence electrons. The van der Waals surface area contributed by atoms with Gasteiger partial charge in [0.1, 0.15) is 0 Å². The van der Waals surface area contributed by atoms with Crippen LogP contribution in [0.3, 0.4) is 0 Å². The fourth-order valence-corrected chi connectivity index (χ4v) is 1.60. The maximum absolute atomic E-state index is 10.6. The lowest BCUT2D eigenvalue weighted by molar-refractivity contribution is -0.119. The molecule has 0 aromatic carbocycles. The number of hydrogen-bond donors (Lipinski definition) is 1. The van der Waals surface area contributed by atoms with E-state index < -0.39 is 0 Å². The molecule has 1 saturated heterocycles. The molecule has 1 aliphatic heterocycles. The number of nitrogens with two attached hydrogens (primary N) is 1. The predicted molar refractivity (Wildman–Crippen MR) is 52.3 cm³/mol. The molecular formula is C9H16N4O. The normalized spacial score (nSPS) is 19.1. The Hall–Kier alpha value is -1.12. The number of nitrogens with zero attached hydrogens (tertiary/aromatic N) is 3. The van der Waals surface area contributed by atoms with E-state index in [-0.39, 0.29) is 5.91 Å². The SMILES string of the molecule is N#CCCN1CCN(CC(N)=O)CC1. The van der Waals surface area contributed by atoms with Crippen molar-refractivity contribution in [3.8, 4) is 6.07 Å². The maximum Gasteiger partial charge on any atom is 0.231 e. The minimum Gasteiger partial charge on any atom is -0.369 e. The van der Waals surface area contributed by atoms with Crippen molar-refractivity contribution >= 4 is 5.91 Å². The second kappa shape index (κ2) is 5.58. The van der Waals surface area contributed by atoms with E-state index in [0.717, 1.165) is 32.7 Å². The molecule has 5 nitrogen and oxygen atoms in total. The lowest BCUT2D eigenvalue weighted by atomic mass is 10.3. The van der Waals surface area contributed by atoms with Crippen molar-refractivity contribution in [1.29, 1.82) is 5.26 Å². The lowest BCUT2D eigenvalue weighted by Crippen LogP contribution is -2.48. The van der Waals surface area contributed by atoms with Crippen LogP contribution >= 0.6 is 0 Å². The zero-order valence-corrected chi connectivity index (χ0v) is 8.28. The lowest BCUT2D eigenvalue weighted by Gasteiger charge is -2.33. The Morgan fingerprint density at radius 1 is 1.29 bits per heavy atom. The molecule has 5 heteroatoms. The van der Waals surface area contributed by atoms with Gasteiger partial charge in [0.05, 0.1) is 12.6 Å². The first-order chi connectivity index (χ1) is 6.72. The summed E-state index contributed by atoms with van der Waals surface area (Å²) in [4.78, 5) is 14.9. The van der Waals surface area contributed by atoms with Crippen LogP contribution in [0.25, 0.3) is 0 Å². The van der Waals surface area contributed by atoms with Gasteiger partial charge in [-0.2, -0.15) is 5.26 Å². The zero-order chi connectivity index (χ0) is 10.4. The molecule has 2 N–H and O–H groups in total. The van der Waals surface area contributed by atoms with Gasteiger partial charge in [0.25, 0.3) is 0 Å². The fraction of sp³-hybridized carbons (Fsp3) is 0.778. The Labute approximate surface area is 84.1 Å². The second-order valence-corrected chi connectivity index (χ2v) is 3.49. The molecule has 0 aromatic rings. The van der Waals surface area contributed by atoms with Gasteiger partial charge in [0.15, 0.2) is 0 Å². The van der Waals surface area contributed by atoms with E-state index in [2.05, 4.69) is 11.0 Å². The molecule has 0 spiro atoms. The van der Waals surface area contributed by atoms with Gasteiger partial charge in [0.2, 0.25) is 5.91 Å². The number of rotatable bonds is 4. The van der Waals surface area contributed by atoms with Gasteiger partial charge < -0.3 is 5.73 Å². The van der Waals surface area contributed by atoms with Crippen molar-refractivity contribution in [3.05, 3.63) is 0 Å². The van der Waals surface area contributed by atoms with Crippen LogP contribution in [0.2, 0.25) is 0 Å². The number of piperazine rings is 1. The van der Waals surface area contributed by atoms with Crippen LogP contribution in [0, 0.1) is 11.3 Å². The molecule has 1 amide bonds. The maximum atomic E-state index is 10.6. The number of amides is 1. The summed E-state index contributed by atoms with van der Waals surface area (Å²) >= 11 is 0. The van der Waals surface area contributed by atoms with Crippen molar-refractivity contribution in [2.24, 2.45) is 5.73 Å². The van der Waals surface area contributed by atoms with Crippen molar-refractivity contribution in [2.45, 2.75) is 6.42 Å². The Morgan fingerprint density at radius 2 is 1.86 bits per heavy atom. The number of carbonyl (C=O) groups is 1. The van der Waals surface area contributed by atoms with Gasteiger partial charge in [-0.3, -0.25) is 14.6 Å². The largest absolute Gasteiger partial charge is 0.369 e. The summed E-state index contributed by atoms with van der Waals surface area (Å²) in [5.41, 5.74) is 5.10. The third kappa shape index (κ3) is 3.73. The first-order valence-electron chi connectivity index (χ1n) is 4.82. The van der Waals surface area contributed by atoms with Crippen molar-refractivity contribution in [3.63, 3.8) is 0 Å². The highest BCUT2D eigenvalue weighted by molar-refractivity contribution is 5.75. The van der Waals surface area contributed by atoms with E-state index in [1.54, 1.807) is 0 Å². The van der Waals surface area contributed by atoms with E-state index in [9.17, 15) is 4.79 Å². The van der Waals surface area contributed by atoms with Crippen LogP contribution in [0.1, 0.15) is 6.42 Å². The van der Waals surface area contributed by atoms with Crippen LogP contribution in [0.15, 0.2) is 0 Å². The topological polar surface area (TPSA) is 73.4 Å². The highest BCUT2D eigenvalue weighted by Gasteiger charge is 2.17. The second-order valence-electron chi connectivity index (χ2n) is 3.49. The summed E-state index contributed by atoms with van der Waals surface area (Å²) in [6.45, 7) is 4.78. The zero-order valence-electron chi connectivity index (χ0n) is 8.28. The minimum absolute atomic E-state index is 0.268. The molecule has 0 bridgehead atoms. The van der Waals surface area contributed by atoms with Crippen LogP contribution in [-0.2, 0) is 4.79 Å². The molecule has 1 fully saturated rings. The quantitative estimate of drug-likeness (QED) is 0.626. The molecule has 1 rings (SSSR count). The molecule has 0 aromatic heterocycles. The monoisotopic (exact) mass is 196 g/mol. The molecule has 0 saturated carbocycles. The Kier molecular flexibility index (Phi) is 4.36.